The van der Waals surface area contributed by atoms with E-state index in [1.54, 1.807) is 18.2 Å². The molecule has 0 atom stereocenters. The second-order valence-corrected chi connectivity index (χ2v) is 7.15. The highest BCUT2D eigenvalue weighted by Gasteiger charge is 2.15. The quantitative estimate of drug-likeness (QED) is 0.609. The normalized spacial score (nSPS) is 12.2. The van der Waals surface area contributed by atoms with Crippen molar-refractivity contribution in [1.29, 1.82) is 0 Å². The monoisotopic (exact) mass is 433 g/mol. The van der Waals surface area contributed by atoms with E-state index in [-0.39, 0.29) is 18.5 Å². The van der Waals surface area contributed by atoms with E-state index in [1.807, 2.05) is 24.3 Å². The van der Waals surface area contributed by atoms with Crippen LogP contribution in [0.3, 0.4) is 0 Å². The Labute approximate surface area is 161 Å². The van der Waals surface area contributed by atoms with Crippen molar-refractivity contribution in [3.8, 4) is 23.0 Å². The molecule has 3 aromatic rings. The van der Waals surface area contributed by atoms with Crippen molar-refractivity contribution in [3.05, 3.63) is 46.9 Å². The molecule has 4 rings (SSSR count). The minimum absolute atomic E-state index is 0.160. The summed E-state index contributed by atoms with van der Waals surface area (Å²) in [4.78, 5) is 16.4. The van der Waals surface area contributed by atoms with E-state index >= 15 is 0 Å². The highest BCUT2D eigenvalue weighted by Crippen LogP contribution is 2.34. The topological polar surface area (TPSA) is 86.5 Å². The van der Waals surface area contributed by atoms with Crippen LogP contribution in [0.2, 0.25) is 0 Å². The fourth-order valence-corrected chi connectivity index (χ4v) is 3.11. The fourth-order valence-electron chi connectivity index (χ4n) is 2.28. The van der Waals surface area contributed by atoms with Crippen molar-refractivity contribution < 1.29 is 18.8 Å². The number of aromatic nitrogens is 2. The van der Waals surface area contributed by atoms with E-state index < -0.39 is 0 Å². The van der Waals surface area contributed by atoms with Crippen molar-refractivity contribution >= 4 is 39.3 Å². The summed E-state index contributed by atoms with van der Waals surface area (Å²) in [5.41, 5.74) is 1.46. The summed E-state index contributed by atoms with van der Waals surface area (Å²) in [5, 5.41) is 7.10. The molecule has 0 unspecified atom stereocenters. The molecule has 9 heteroatoms. The Morgan fingerprint density at radius 3 is 2.81 bits per heavy atom. The maximum atomic E-state index is 12.1. The van der Waals surface area contributed by atoms with Gasteiger partial charge in [-0.25, -0.2) is 0 Å². The number of nitrogens with one attached hydrogen (secondary N) is 1. The molecule has 26 heavy (non-hydrogen) atoms. The van der Waals surface area contributed by atoms with Crippen LogP contribution < -0.4 is 14.8 Å². The second kappa shape index (κ2) is 7.38. The van der Waals surface area contributed by atoms with Gasteiger partial charge < -0.3 is 19.3 Å². The second-order valence-electron chi connectivity index (χ2n) is 5.29. The van der Waals surface area contributed by atoms with Crippen LogP contribution in [0.25, 0.3) is 11.5 Å². The van der Waals surface area contributed by atoms with Gasteiger partial charge in [0.25, 0.3) is 5.89 Å². The number of halogens is 1. The van der Waals surface area contributed by atoms with Crippen LogP contribution in [0.1, 0.15) is 0 Å². The number of benzene rings is 2. The van der Waals surface area contributed by atoms with Gasteiger partial charge in [-0.3, -0.25) is 4.79 Å². The molecule has 7 nitrogen and oxygen atoms in total. The maximum absolute atomic E-state index is 12.1. The zero-order valence-corrected chi connectivity index (χ0v) is 15.7. The number of ether oxygens (including phenoxy) is 2. The molecule has 0 spiro atoms. The van der Waals surface area contributed by atoms with Crippen molar-refractivity contribution in [1.82, 2.24) is 10.1 Å². The van der Waals surface area contributed by atoms with E-state index in [0.29, 0.717) is 28.2 Å². The summed E-state index contributed by atoms with van der Waals surface area (Å²) < 4.78 is 16.7. The summed E-state index contributed by atoms with van der Waals surface area (Å²) in [6.07, 6.45) is 0. The van der Waals surface area contributed by atoms with Crippen molar-refractivity contribution in [2.75, 3.05) is 17.9 Å². The number of hydrogen-bond donors (Lipinski definition) is 1. The van der Waals surface area contributed by atoms with Crippen LogP contribution >= 0.6 is 27.7 Å². The van der Waals surface area contributed by atoms with Gasteiger partial charge >= 0.3 is 0 Å². The molecule has 0 radical (unpaired) electrons. The van der Waals surface area contributed by atoms with Gasteiger partial charge in [-0.1, -0.05) is 27.7 Å². The van der Waals surface area contributed by atoms with Crippen molar-refractivity contribution in [2.45, 2.75) is 5.16 Å². The number of nitrogens with zero attached hydrogens (tertiary/aromatic N) is 2. The van der Waals surface area contributed by atoms with Crippen LogP contribution in [0, 0.1) is 0 Å². The number of amides is 1. The van der Waals surface area contributed by atoms with Gasteiger partial charge in [0, 0.05) is 21.8 Å². The average molecular weight is 434 g/mol. The first-order chi connectivity index (χ1) is 12.7. The molecule has 2 heterocycles. The first-order valence-corrected chi connectivity index (χ1v) is 9.37. The molecular formula is C17H12BrN3O4S. The first-order valence-electron chi connectivity index (χ1n) is 7.59. The summed E-state index contributed by atoms with van der Waals surface area (Å²) in [6, 6.07) is 12.8. The average Bonchev–Trinajstić information content (AvgIpc) is 3.29. The highest BCUT2D eigenvalue weighted by atomic mass is 79.9. The molecule has 0 aliphatic carbocycles. The lowest BCUT2D eigenvalue weighted by Gasteiger charge is -2.05. The third-order valence-corrected chi connectivity index (χ3v) is 4.85. The van der Waals surface area contributed by atoms with Gasteiger partial charge in [-0.15, -0.1) is 0 Å². The Balaban J connectivity index is 1.34. The lowest BCUT2D eigenvalue weighted by atomic mass is 10.2. The Hall–Kier alpha value is -2.52. The third kappa shape index (κ3) is 3.83. The van der Waals surface area contributed by atoms with E-state index in [0.717, 1.165) is 10.0 Å². The molecule has 132 valence electrons. The summed E-state index contributed by atoms with van der Waals surface area (Å²) in [5.74, 6) is 1.69. The van der Waals surface area contributed by atoms with Crippen molar-refractivity contribution in [2.24, 2.45) is 0 Å². The molecule has 0 fully saturated rings. The number of carbonyl (C=O) groups is 1. The number of anilines is 1. The molecule has 1 aromatic heterocycles. The van der Waals surface area contributed by atoms with Gasteiger partial charge in [-0.2, -0.15) is 4.98 Å². The predicted molar refractivity (Wildman–Crippen MR) is 99.4 cm³/mol. The standard InChI is InChI=1S/C17H12BrN3O4S/c18-11-3-1-10(2-4-11)16-20-17(21-25-16)26-8-15(22)19-12-5-6-13-14(7-12)24-9-23-13/h1-7H,8-9H2,(H,19,22). The molecule has 0 bridgehead atoms. The van der Waals surface area contributed by atoms with Gasteiger partial charge in [0.2, 0.25) is 17.9 Å². The lowest BCUT2D eigenvalue weighted by Crippen LogP contribution is -2.14. The molecule has 1 amide bonds. The third-order valence-electron chi connectivity index (χ3n) is 3.49. The van der Waals surface area contributed by atoms with Crippen LogP contribution in [0.5, 0.6) is 11.5 Å². The van der Waals surface area contributed by atoms with Crippen LogP contribution in [-0.2, 0) is 4.79 Å². The van der Waals surface area contributed by atoms with Gasteiger partial charge in [0.05, 0.1) is 5.75 Å². The predicted octanol–water partition coefficient (Wildman–Crippen LogP) is 3.96. The van der Waals surface area contributed by atoms with Crippen LogP contribution in [0.4, 0.5) is 5.69 Å². The first kappa shape index (κ1) is 16.9. The van der Waals surface area contributed by atoms with Crippen molar-refractivity contribution in [3.63, 3.8) is 0 Å². The Kier molecular flexibility index (Phi) is 4.81. The largest absolute Gasteiger partial charge is 0.454 e. The van der Waals surface area contributed by atoms with Gasteiger partial charge in [0.1, 0.15) is 0 Å². The smallest absolute Gasteiger partial charge is 0.258 e. The molecule has 0 saturated carbocycles. The number of rotatable bonds is 5. The highest BCUT2D eigenvalue weighted by molar-refractivity contribution is 9.10. The summed E-state index contributed by atoms with van der Waals surface area (Å²) in [7, 11) is 0. The molecular weight excluding hydrogens is 422 g/mol. The minimum atomic E-state index is -0.177. The zero-order chi connectivity index (χ0) is 17.9. The van der Waals surface area contributed by atoms with E-state index in [4.69, 9.17) is 14.0 Å². The maximum Gasteiger partial charge on any atom is 0.258 e. The SMILES string of the molecule is O=C(CSc1noc(-c2ccc(Br)cc2)n1)Nc1ccc2c(c1)OCO2. The van der Waals surface area contributed by atoms with E-state index in [1.165, 1.54) is 11.8 Å². The summed E-state index contributed by atoms with van der Waals surface area (Å²) >= 11 is 4.58. The van der Waals surface area contributed by atoms with E-state index in [2.05, 4.69) is 31.4 Å². The van der Waals surface area contributed by atoms with Gasteiger partial charge in [0.15, 0.2) is 11.5 Å². The lowest BCUT2D eigenvalue weighted by molar-refractivity contribution is -0.113. The van der Waals surface area contributed by atoms with Crippen LogP contribution in [-0.4, -0.2) is 28.6 Å². The zero-order valence-electron chi connectivity index (χ0n) is 13.3. The Bertz CT molecular complexity index is 945. The van der Waals surface area contributed by atoms with E-state index in [9.17, 15) is 4.79 Å². The molecule has 0 saturated heterocycles. The Morgan fingerprint density at radius 2 is 1.96 bits per heavy atom. The number of carbonyl (C=O) groups excluding carboxylic acids is 1. The molecule has 1 aliphatic heterocycles. The number of fused-ring (bicyclic) bond motifs is 1. The number of hydrogen-bond acceptors (Lipinski definition) is 7. The summed E-state index contributed by atoms with van der Waals surface area (Å²) in [6.45, 7) is 0.196. The molecule has 2 aromatic carbocycles. The number of thioether (sulfide) groups is 1. The Morgan fingerprint density at radius 1 is 1.15 bits per heavy atom. The molecule has 1 aliphatic rings. The van der Waals surface area contributed by atoms with Crippen LogP contribution in [0.15, 0.2) is 56.6 Å². The molecule has 1 N–H and O–H groups in total. The van der Waals surface area contributed by atoms with Gasteiger partial charge in [-0.05, 0) is 41.6 Å². The fraction of sp³-hybridized carbons (Fsp3) is 0.118. The minimum Gasteiger partial charge on any atom is -0.454 e.